The zero-order chi connectivity index (χ0) is 20.5. The summed E-state index contributed by atoms with van der Waals surface area (Å²) in [6.07, 6.45) is 3.18. The molecule has 1 aromatic rings. The highest BCUT2D eigenvalue weighted by atomic mass is 127. The Balaban J connectivity index is 0.00000320. The van der Waals surface area contributed by atoms with Gasteiger partial charge in [-0.3, -0.25) is 4.99 Å². The Morgan fingerprint density at radius 3 is 2.67 bits per heavy atom. The van der Waals surface area contributed by atoms with E-state index in [-0.39, 0.29) is 42.0 Å². The van der Waals surface area contributed by atoms with Crippen LogP contribution in [-0.4, -0.2) is 69.1 Å². The largest absolute Gasteiger partial charge is 0.381 e. The first-order valence-corrected chi connectivity index (χ1v) is 10.8. The van der Waals surface area contributed by atoms with Gasteiger partial charge in [-0.15, -0.1) is 24.0 Å². The Labute approximate surface area is 196 Å². The van der Waals surface area contributed by atoms with Crippen molar-refractivity contribution in [2.24, 2.45) is 4.99 Å². The van der Waals surface area contributed by atoms with Gasteiger partial charge in [0.05, 0.1) is 18.8 Å². The molecule has 0 bridgehead atoms. The van der Waals surface area contributed by atoms with Crippen LogP contribution in [0.25, 0.3) is 0 Å². The van der Waals surface area contributed by atoms with Crippen LogP contribution < -0.4 is 5.32 Å². The smallest absolute Gasteiger partial charge is 0.194 e. The lowest BCUT2D eigenvalue weighted by atomic mass is 10.1. The maximum atomic E-state index is 13.3. The van der Waals surface area contributed by atoms with E-state index < -0.39 is 0 Å². The molecular formula is C22H35FIN3O3. The van der Waals surface area contributed by atoms with Crippen molar-refractivity contribution in [3.63, 3.8) is 0 Å². The molecule has 3 rings (SSSR count). The summed E-state index contributed by atoms with van der Waals surface area (Å²) in [5, 5.41) is 3.40. The van der Waals surface area contributed by atoms with Crippen molar-refractivity contribution in [1.29, 1.82) is 0 Å². The molecule has 30 heavy (non-hydrogen) atoms. The highest BCUT2D eigenvalue weighted by Crippen LogP contribution is 2.25. The average Bonchev–Trinajstić information content (AvgIpc) is 2.73. The van der Waals surface area contributed by atoms with Gasteiger partial charge >= 0.3 is 0 Å². The molecule has 2 unspecified atom stereocenters. The van der Waals surface area contributed by atoms with Gasteiger partial charge in [-0.1, -0.05) is 12.1 Å². The summed E-state index contributed by atoms with van der Waals surface area (Å²) < 4.78 is 30.7. The summed E-state index contributed by atoms with van der Waals surface area (Å²) in [7, 11) is 0. The predicted octanol–water partition coefficient (Wildman–Crippen LogP) is 3.76. The fraction of sp³-hybridized carbons (Fsp3) is 0.682. The first-order valence-electron chi connectivity index (χ1n) is 10.8. The van der Waals surface area contributed by atoms with Gasteiger partial charge in [-0.25, -0.2) is 4.39 Å². The van der Waals surface area contributed by atoms with Gasteiger partial charge in [0, 0.05) is 39.5 Å². The van der Waals surface area contributed by atoms with Gasteiger partial charge in [0.1, 0.15) is 11.9 Å². The average molecular weight is 535 g/mol. The van der Waals surface area contributed by atoms with Crippen molar-refractivity contribution in [3.05, 3.63) is 35.6 Å². The number of hydrogen-bond acceptors (Lipinski definition) is 4. The van der Waals surface area contributed by atoms with Crippen molar-refractivity contribution in [1.82, 2.24) is 10.2 Å². The molecule has 0 aromatic heterocycles. The number of guanidine groups is 1. The molecule has 1 aromatic carbocycles. The van der Waals surface area contributed by atoms with Crippen LogP contribution in [0.5, 0.6) is 0 Å². The number of morpholine rings is 1. The lowest BCUT2D eigenvalue weighted by Crippen LogP contribution is -2.50. The second-order valence-electron chi connectivity index (χ2n) is 7.66. The molecule has 0 radical (unpaired) electrons. The van der Waals surface area contributed by atoms with Crippen LogP contribution in [0.3, 0.4) is 0 Å². The van der Waals surface area contributed by atoms with Crippen LogP contribution in [0.4, 0.5) is 4.39 Å². The van der Waals surface area contributed by atoms with E-state index in [0.29, 0.717) is 12.6 Å². The molecule has 2 heterocycles. The molecule has 0 aliphatic carbocycles. The minimum Gasteiger partial charge on any atom is -0.381 e. The second-order valence-corrected chi connectivity index (χ2v) is 7.66. The summed E-state index contributed by atoms with van der Waals surface area (Å²) in [5.74, 6) is 0.674. The van der Waals surface area contributed by atoms with Crippen LogP contribution in [0.1, 0.15) is 44.8 Å². The molecule has 2 aliphatic heterocycles. The number of ether oxygens (including phenoxy) is 3. The van der Waals surface area contributed by atoms with Crippen molar-refractivity contribution in [3.8, 4) is 0 Å². The molecule has 2 fully saturated rings. The maximum absolute atomic E-state index is 13.3. The zero-order valence-corrected chi connectivity index (χ0v) is 20.3. The van der Waals surface area contributed by atoms with Crippen LogP contribution in [-0.2, 0) is 14.2 Å². The number of aliphatic imine (C=N–C) groups is 1. The van der Waals surface area contributed by atoms with Gasteiger partial charge in [-0.05, 0) is 50.8 Å². The van der Waals surface area contributed by atoms with Crippen LogP contribution in [0.2, 0.25) is 0 Å². The fourth-order valence-electron chi connectivity index (χ4n) is 3.75. The van der Waals surface area contributed by atoms with Gasteiger partial charge < -0.3 is 24.4 Å². The molecule has 2 saturated heterocycles. The molecule has 0 amide bonds. The topological polar surface area (TPSA) is 55.3 Å². The van der Waals surface area contributed by atoms with Gasteiger partial charge in [0.25, 0.3) is 0 Å². The van der Waals surface area contributed by atoms with E-state index in [1.807, 2.05) is 0 Å². The van der Waals surface area contributed by atoms with Crippen LogP contribution >= 0.6 is 24.0 Å². The van der Waals surface area contributed by atoms with E-state index in [9.17, 15) is 4.39 Å². The third kappa shape index (κ3) is 7.94. The molecule has 2 atom stereocenters. The lowest BCUT2D eigenvalue weighted by molar-refractivity contribution is -0.0605. The molecule has 8 heteroatoms. The number of benzene rings is 1. The van der Waals surface area contributed by atoms with E-state index in [2.05, 4.69) is 24.1 Å². The fourth-order valence-corrected chi connectivity index (χ4v) is 3.75. The van der Waals surface area contributed by atoms with Crippen LogP contribution in [0, 0.1) is 5.82 Å². The SMILES string of the molecule is CCNC(=NCCCOC1CCOCC1)N1CC(C)OC(c2ccc(F)cc2)C1.I. The van der Waals surface area contributed by atoms with Crippen molar-refractivity contribution in [2.45, 2.75) is 51.4 Å². The number of nitrogens with zero attached hydrogens (tertiary/aromatic N) is 2. The minimum absolute atomic E-state index is 0. The molecule has 0 spiro atoms. The monoisotopic (exact) mass is 535 g/mol. The summed E-state index contributed by atoms with van der Waals surface area (Å²) >= 11 is 0. The van der Waals surface area contributed by atoms with Crippen molar-refractivity contribution < 1.29 is 18.6 Å². The van der Waals surface area contributed by atoms with E-state index >= 15 is 0 Å². The Bertz CT molecular complexity index is 641. The third-order valence-corrected chi connectivity index (χ3v) is 5.22. The van der Waals surface area contributed by atoms with Gasteiger partial charge in [0.2, 0.25) is 0 Å². The van der Waals surface area contributed by atoms with E-state index in [1.165, 1.54) is 12.1 Å². The van der Waals surface area contributed by atoms with E-state index in [1.54, 1.807) is 12.1 Å². The molecular weight excluding hydrogens is 500 g/mol. The maximum Gasteiger partial charge on any atom is 0.194 e. The van der Waals surface area contributed by atoms with Gasteiger partial charge in [0.15, 0.2) is 5.96 Å². The first kappa shape index (κ1) is 25.3. The van der Waals surface area contributed by atoms with Crippen molar-refractivity contribution >= 4 is 29.9 Å². The Morgan fingerprint density at radius 1 is 1.23 bits per heavy atom. The summed E-state index contributed by atoms with van der Waals surface area (Å²) in [4.78, 5) is 7.05. The Hall–Kier alpha value is -0.970. The number of rotatable bonds is 7. The summed E-state index contributed by atoms with van der Waals surface area (Å²) in [6.45, 7) is 9.48. The highest BCUT2D eigenvalue weighted by Gasteiger charge is 2.28. The van der Waals surface area contributed by atoms with E-state index in [4.69, 9.17) is 19.2 Å². The van der Waals surface area contributed by atoms with Crippen molar-refractivity contribution in [2.75, 3.05) is 46.0 Å². The predicted molar refractivity (Wildman–Crippen MR) is 127 cm³/mol. The molecule has 6 nitrogen and oxygen atoms in total. The number of nitrogens with one attached hydrogen (secondary N) is 1. The third-order valence-electron chi connectivity index (χ3n) is 5.22. The minimum atomic E-state index is -0.229. The quantitative estimate of drug-likeness (QED) is 0.250. The van der Waals surface area contributed by atoms with E-state index in [0.717, 1.165) is 70.2 Å². The molecule has 2 aliphatic rings. The molecule has 1 N–H and O–H groups in total. The first-order chi connectivity index (χ1) is 14.2. The number of hydrogen-bond donors (Lipinski definition) is 1. The van der Waals surface area contributed by atoms with Crippen LogP contribution in [0.15, 0.2) is 29.3 Å². The number of halogens is 2. The standard InChI is InChI=1S/C22H34FN3O3.HI/c1-3-24-22(25-11-4-12-28-20-9-13-27-14-10-20)26-15-17(2)29-21(16-26)18-5-7-19(23)8-6-18;/h5-8,17,20-21H,3-4,9-16H2,1-2H3,(H,24,25);1H. The molecule has 0 saturated carbocycles. The highest BCUT2D eigenvalue weighted by molar-refractivity contribution is 14.0. The molecule has 170 valence electrons. The lowest BCUT2D eigenvalue weighted by Gasteiger charge is -2.38. The van der Waals surface area contributed by atoms with Gasteiger partial charge in [-0.2, -0.15) is 0 Å². The summed E-state index contributed by atoms with van der Waals surface area (Å²) in [6, 6.07) is 6.57. The Morgan fingerprint density at radius 2 is 1.97 bits per heavy atom. The summed E-state index contributed by atoms with van der Waals surface area (Å²) in [5.41, 5.74) is 0.990. The second kappa shape index (κ2) is 13.4. The zero-order valence-electron chi connectivity index (χ0n) is 18.0. The normalized spacial score (nSPS) is 23.2. The Kier molecular flexibility index (Phi) is 11.3.